The zero-order valence-electron chi connectivity index (χ0n) is 15.6. The molecule has 2 amide bonds. The van der Waals surface area contributed by atoms with Crippen molar-refractivity contribution in [2.45, 2.75) is 50.7 Å². The summed E-state index contributed by atoms with van der Waals surface area (Å²) < 4.78 is 7.69. The molecule has 4 rings (SSSR count). The zero-order valence-corrected chi connectivity index (χ0v) is 15.6. The van der Waals surface area contributed by atoms with Crippen molar-refractivity contribution in [2.75, 3.05) is 18.4 Å². The van der Waals surface area contributed by atoms with Crippen LogP contribution in [0.3, 0.4) is 0 Å². The summed E-state index contributed by atoms with van der Waals surface area (Å²) in [6.07, 6.45) is 9.73. The van der Waals surface area contributed by atoms with Crippen LogP contribution in [0.15, 0.2) is 24.7 Å². The summed E-state index contributed by atoms with van der Waals surface area (Å²) in [5, 5.41) is 16.0. The quantitative estimate of drug-likeness (QED) is 0.872. The van der Waals surface area contributed by atoms with Crippen LogP contribution in [-0.2, 0) is 0 Å². The van der Waals surface area contributed by atoms with Crippen molar-refractivity contribution in [1.29, 1.82) is 5.26 Å². The molecular weight excluding hydrogens is 358 g/mol. The van der Waals surface area contributed by atoms with Crippen LogP contribution < -0.4 is 10.1 Å². The molecule has 2 aliphatic rings. The topological polar surface area (TPSA) is 109 Å². The van der Waals surface area contributed by atoms with Gasteiger partial charge in [-0.05, 0) is 18.9 Å². The van der Waals surface area contributed by atoms with E-state index in [-0.39, 0.29) is 12.1 Å². The number of carbonyl (C=O) groups excluding carboxylic acids is 1. The maximum Gasteiger partial charge on any atom is 0.324 e. The van der Waals surface area contributed by atoms with Crippen LogP contribution in [0.1, 0.15) is 50.1 Å². The highest BCUT2D eigenvalue weighted by Crippen LogP contribution is 2.27. The Labute approximate surface area is 163 Å². The molecule has 1 saturated carbocycles. The lowest BCUT2D eigenvalue weighted by molar-refractivity contribution is 0.190. The number of urea groups is 1. The third-order valence-corrected chi connectivity index (χ3v) is 5.26. The Hall–Kier alpha value is -3.15. The number of nitrogens with zero attached hydrogens (tertiary/aromatic N) is 6. The molecular formula is C19H23N7O2. The number of hydrogen-bond acceptors (Lipinski definition) is 6. The van der Waals surface area contributed by atoms with Crippen molar-refractivity contribution < 1.29 is 9.53 Å². The minimum Gasteiger partial charge on any atom is -0.472 e. The fraction of sp³-hybridized carbons (Fsp3) is 0.526. The van der Waals surface area contributed by atoms with Gasteiger partial charge in [-0.15, -0.1) is 5.10 Å². The summed E-state index contributed by atoms with van der Waals surface area (Å²) in [4.78, 5) is 22.5. The van der Waals surface area contributed by atoms with Crippen LogP contribution in [0.4, 0.5) is 10.7 Å². The molecule has 2 fully saturated rings. The first-order chi connectivity index (χ1) is 13.7. The van der Waals surface area contributed by atoms with Gasteiger partial charge in [-0.25, -0.2) is 19.4 Å². The van der Waals surface area contributed by atoms with Crippen LogP contribution in [0.5, 0.6) is 5.88 Å². The van der Waals surface area contributed by atoms with Gasteiger partial charge >= 0.3 is 6.03 Å². The number of ether oxygens (including phenoxy) is 1. The predicted molar refractivity (Wildman–Crippen MR) is 101 cm³/mol. The normalized spacial score (nSPS) is 20.0. The van der Waals surface area contributed by atoms with Gasteiger partial charge in [-0.3, -0.25) is 5.32 Å². The van der Waals surface area contributed by atoms with E-state index in [0.29, 0.717) is 36.5 Å². The number of aromatic nitrogens is 4. The van der Waals surface area contributed by atoms with Crippen LogP contribution in [0.2, 0.25) is 0 Å². The number of nitrogens with one attached hydrogen (secondary N) is 1. The number of rotatable bonds is 4. The van der Waals surface area contributed by atoms with Gasteiger partial charge in [0.15, 0.2) is 0 Å². The Morgan fingerprint density at radius 2 is 2.07 bits per heavy atom. The van der Waals surface area contributed by atoms with E-state index in [0.717, 1.165) is 19.3 Å². The molecule has 1 unspecified atom stereocenters. The number of nitriles is 1. The van der Waals surface area contributed by atoms with Gasteiger partial charge in [0.25, 0.3) is 0 Å². The van der Waals surface area contributed by atoms with Crippen molar-refractivity contribution in [2.24, 2.45) is 0 Å². The molecule has 0 aromatic carbocycles. The number of anilines is 1. The van der Waals surface area contributed by atoms with E-state index in [1.54, 1.807) is 23.4 Å². The first kappa shape index (κ1) is 18.2. The number of hydrogen-bond donors (Lipinski definition) is 1. The molecule has 1 aliphatic heterocycles. The lowest BCUT2D eigenvalue weighted by Gasteiger charge is -2.21. The summed E-state index contributed by atoms with van der Waals surface area (Å²) in [7, 11) is 0. The Kier molecular flexibility index (Phi) is 5.37. The van der Waals surface area contributed by atoms with Crippen LogP contribution in [-0.4, -0.2) is 49.9 Å². The highest BCUT2D eigenvalue weighted by Gasteiger charge is 2.28. The fourth-order valence-electron chi connectivity index (χ4n) is 3.72. The zero-order chi connectivity index (χ0) is 19.3. The molecule has 1 atom stereocenters. The maximum atomic E-state index is 12.5. The van der Waals surface area contributed by atoms with Gasteiger partial charge in [0.1, 0.15) is 18.5 Å². The Morgan fingerprint density at radius 1 is 1.21 bits per heavy atom. The van der Waals surface area contributed by atoms with Gasteiger partial charge in [0.2, 0.25) is 11.8 Å². The van der Waals surface area contributed by atoms with E-state index >= 15 is 0 Å². The van der Waals surface area contributed by atoms with Crippen LogP contribution >= 0.6 is 0 Å². The van der Waals surface area contributed by atoms with Gasteiger partial charge in [0.05, 0.1) is 18.2 Å². The van der Waals surface area contributed by atoms with E-state index in [2.05, 4.69) is 20.4 Å². The number of amides is 2. The second-order valence-electron chi connectivity index (χ2n) is 7.24. The molecule has 1 N–H and O–H groups in total. The molecule has 0 spiro atoms. The maximum absolute atomic E-state index is 12.5. The van der Waals surface area contributed by atoms with E-state index in [1.165, 1.54) is 25.5 Å². The van der Waals surface area contributed by atoms with E-state index < -0.39 is 0 Å². The third kappa shape index (κ3) is 4.22. The fourth-order valence-corrected chi connectivity index (χ4v) is 3.72. The Bertz CT molecular complexity index is 852. The summed E-state index contributed by atoms with van der Waals surface area (Å²) in [5.41, 5.74) is 0.486. The number of pyridine rings is 1. The first-order valence-corrected chi connectivity index (χ1v) is 9.71. The Morgan fingerprint density at radius 3 is 2.82 bits per heavy atom. The smallest absolute Gasteiger partial charge is 0.324 e. The molecule has 2 aromatic rings. The summed E-state index contributed by atoms with van der Waals surface area (Å²) in [5.74, 6) is 0.799. The monoisotopic (exact) mass is 381 g/mol. The number of likely N-dealkylation sites (tertiary alicyclic amines) is 1. The van der Waals surface area contributed by atoms with Gasteiger partial charge in [-0.2, -0.15) is 5.26 Å². The molecule has 2 aromatic heterocycles. The molecule has 1 saturated heterocycles. The average Bonchev–Trinajstić information content (AvgIpc) is 3.39. The molecule has 0 bridgehead atoms. The molecule has 28 heavy (non-hydrogen) atoms. The van der Waals surface area contributed by atoms with Gasteiger partial charge < -0.3 is 9.64 Å². The van der Waals surface area contributed by atoms with Crippen molar-refractivity contribution in [3.8, 4) is 11.9 Å². The van der Waals surface area contributed by atoms with Crippen molar-refractivity contribution in [3.05, 3.63) is 30.2 Å². The van der Waals surface area contributed by atoms with Crippen LogP contribution in [0, 0.1) is 11.3 Å². The van der Waals surface area contributed by atoms with E-state index in [4.69, 9.17) is 10.00 Å². The first-order valence-electron chi connectivity index (χ1n) is 9.71. The second kappa shape index (κ2) is 8.25. The standard InChI is InChI=1S/C19H23N7O2/c20-10-14-6-7-17(21-11-14)28-16-8-9-25(12-16)19(27)23-18-22-13-26(24-18)15-4-2-1-3-5-15/h6-7,11,13,15-16H,1-5,8-9,12H2,(H,23,24,27). The average molecular weight is 381 g/mol. The summed E-state index contributed by atoms with van der Waals surface area (Å²) in [6.45, 7) is 1.06. The third-order valence-electron chi connectivity index (χ3n) is 5.26. The molecule has 1 aliphatic carbocycles. The lowest BCUT2D eigenvalue weighted by Crippen LogP contribution is -2.35. The molecule has 0 radical (unpaired) electrons. The predicted octanol–water partition coefficient (Wildman–Crippen LogP) is 2.74. The van der Waals surface area contributed by atoms with Crippen molar-refractivity contribution in [1.82, 2.24) is 24.6 Å². The van der Waals surface area contributed by atoms with Gasteiger partial charge in [0, 0.05) is 25.2 Å². The Balaban J connectivity index is 1.28. The van der Waals surface area contributed by atoms with E-state index in [9.17, 15) is 4.79 Å². The molecule has 3 heterocycles. The SMILES string of the molecule is N#Cc1ccc(OC2CCN(C(=O)Nc3ncn(C4CCCCC4)n3)C2)nc1. The summed E-state index contributed by atoms with van der Waals surface area (Å²) >= 11 is 0. The lowest BCUT2D eigenvalue weighted by atomic mass is 9.96. The van der Waals surface area contributed by atoms with Crippen molar-refractivity contribution >= 4 is 12.0 Å². The van der Waals surface area contributed by atoms with Crippen molar-refractivity contribution in [3.63, 3.8) is 0 Å². The highest BCUT2D eigenvalue weighted by atomic mass is 16.5. The molecule has 9 heteroatoms. The minimum atomic E-state index is -0.222. The summed E-state index contributed by atoms with van der Waals surface area (Å²) in [6, 6.07) is 5.52. The van der Waals surface area contributed by atoms with Crippen LogP contribution in [0.25, 0.3) is 0 Å². The highest BCUT2D eigenvalue weighted by molar-refractivity contribution is 5.87. The van der Waals surface area contributed by atoms with Gasteiger partial charge in [-0.1, -0.05) is 19.3 Å². The van der Waals surface area contributed by atoms with E-state index in [1.807, 2.05) is 10.8 Å². The largest absolute Gasteiger partial charge is 0.472 e. The second-order valence-corrected chi connectivity index (χ2v) is 7.24. The molecule has 9 nitrogen and oxygen atoms in total. The number of carbonyl (C=O) groups is 1. The molecule has 146 valence electrons. The minimum absolute atomic E-state index is 0.126.